The average Bonchev–Trinajstić information content (AvgIpc) is 2.84. The van der Waals surface area contributed by atoms with E-state index in [-0.39, 0.29) is 5.76 Å². The molecule has 0 radical (unpaired) electrons. The molecule has 2 aromatic rings. The van der Waals surface area contributed by atoms with Gasteiger partial charge in [-0.05, 0) is 47.9 Å². The first-order valence-electron chi connectivity index (χ1n) is 8.09. The topological polar surface area (TPSA) is 23.5 Å². The van der Waals surface area contributed by atoms with Gasteiger partial charge < -0.3 is 10.0 Å². The van der Waals surface area contributed by atoms with Gasteiger partial charge in [-0.1, -0.05) is 32.6 Å². The molecule has 1 aromatic heterocycles. The van der Waals surface area contributed by atoms with Gasteiger partial charge in [0.05, 0.1) is 0 Å². The van der Waals surface area contributed by atoms with Crippen LogP contribution < -0.4 is 4.90 Å². The zero-order valence-electron chi connectivity index (χ0n) is 14.4. The monoisotopic (exact) mass is 327 g/mol. The van der Waals surface area contributed by atoms with E-state index in [2.05, 4.69) is 49.6 Å². The van der Waals surface area contributed by atoms with Gasteiger partial charge in [0, 0.05) is 35.1 Å². The van der Waals surface area contributed by atoms with Crippen molar-refractivity contribution in [3.05, 3.63) is 46.8 Å². The molecule has 3 heteroatoms. The number of hydrogen-bond acceptors (Lipinski definition) is 3. The van der Waals surface area contributed by atoms with Gasteiger partial charge in [0.2, 0.25) is 0 Å². The number of anilines is 1. The van der Waals surface area contributed by atoms with Gasteiger partial charge in [0.15, 0.2) is 0 Å². The second-order valence-corrected chi connectivity index (χ2v) is 8.55. The van der Waals surface area contributed by atoms with E-state index in [1.807, 2.05) is 25.4 Å². The molecule has 0 atom stereocenters. The molecule has 0 bridgehead atoms. The zero-order chi connectivity index (χ0) is 16.8. The molecule has 0 amide bonds. The Morgan fingerprint density at radius 1 is 1.30 bits per heavy atom. The van der Waals surface area contributed by atoms with Crippen LogP contribution in [0.25, 0.3) is 16.2 Å². The Kier molecular flexibility index (Phi) is 4.01. The highest BCUT2D eigenvalue weighted by molar-refractivity contribution is 7.16. The van der Waals surface area contributed by atoms with Crippen molar-refractivity contribution in [3.8, 4) is 10.4 Å². The van der Waals surface area contributed by atoms with E-state index in [1.54, 1.807) is 0 Å². The number of benzene rings is 1. The van der Waals surface area contributed by atoms with Crippen molar-refractivity contribution in [2.75, 3.05) is 19.0 Å². The SMILES string of the molecule is C=C(O)c1c(-c2cccc(N(C)C)c2)sc2c1CC(C)(C)CC2. The lowest BCUT2D eigenvalue weighted by Crippen LogP contribution is -2.21. The number of aliphatic hydroxyl groups excluding tert-OH is 1. The van der Waals surface area contributed by atoms with E-state index in [0.717, 1.165) is 23.3 Å². The van der Waals surface area contributed by atoms with Gasteiger partial charge in [-0.25, -0.2) is 0 Å². The number of aliphatic hydroxyl groups is 1. The summed E-state index contributed by atoms with van der Waals surface area (Å²) >= 11 is 1.83. The number of hydrogen-bond donors (Lipinski definition) is 1. The van der Waals surface area contributed by atoms with Crippen LogP contribution in [-0.2, 0) is 12.8 Å². The fourth-order valence-corrected chi connectivity index (χ4v) is 4.69. The maximum atomic E-state index is 10.3. The van der Waals surface area contributed by atoms with E-state index >= 15 is 0 Å². The van der Waals surface area contributed by atoms with Crippen LogP contribution >= 0.6 is 11.3 Å². The Labute approximate surface area is 143 Å². The van der Waals surface area contributed by atoms with Crippen LogP contribution in [0.1, 0.15) is 36.3 Å². The molecule has 1 aliphatic carbocycles. The minimum Gasteiger partial charge on any atom is -0.508 e. The van der Waals surface area contributed by atoms with E-state index < -0.39 is 0 Å². The average molecular weight is 327 g/mol. The normalized spacial score (nSPS) is 16.0. The molecule has 0 aliphatic heterocycles. The largest absolute Gasteiger partial charge is 0.508 e. The molecule has 0 fully saturated rings. The van der Waals surface area contributed by atoms with E-state index in [4.69, 9.17) is 0 Å². The molecular formula is C20H25NOS. The first-order chi connectivity index (χ1) is 10.8. The van der Waals surface area contributed by atoms with Gasteiger partial charge in [0.1, 0.15) is 5.76 Å². The predicted octanol–water partition coefficient (Wildman–Crippen LogP) is 5.52. The van der Waals surface area contributed by atoms with E-state index in [0.29, 0.717) is 5.41 Å². The van der Waals surface area contributed by atoms with Crippen molar-refractivity contribution in [2.45, 2.75) is 33.1 Å². The van der Waals surface area contributed by atoms with Crippen LogP contribution in [0.5, 0.6) is 0 Å². The summed E-state index contributed by atoms with van der Waals surface area (Å²) in [6.45, 7) is 8.47. The summed E-state index contributed by atoms with van der Waals surface area (Å²) in [5, 5.41) is 10.3. The van der Waals surface area contributed by atoms with Crippen LogP contribution in [0.2, 0.25) is 0 Å². The molecule has 1 heterocycles. The lowest BCUT2D eigenvalue weighted by atomic mass is 9.75. The summed E-state index contributed by atoms with van der Waals surface area (Å²) < 4.78 is 0. The summed E-state index contributed by atoms with van der Waals surface area (Å²) in [5.41, 5.74) is 4.90. The van der Waals surface area contributed by atoms with Gasteiger partial charge in [-0.2, -0.15) is 0 Å². The summed E-state index contributed by atoms with van der Waals surface area (Å²) in [4.78, 5) is 4.68. The van der Waals surface area contributed by atoms with E-state index in [1.165, 1.54) is 28.1 Å². The molecule has 0 saturated carbocycles. The van der Waals surface area contributed by atoms with Crippen LogP contribution in [0.3, 0.4) is 0 Å². The Morgan fingerprint density at radius 3 is 2.70 bits per heavy atom. The first-order valence-corrected chi connectivity index (χ1v) is 8.91. The second kappa shape index (κ2) is 5.72. The van der Waals surface area contributed by atoms with Crippen molar-refractivity contribution in [3.63, 3.8) is 0 Å². The minimum absolute atomic E-state index is 0.199. The van der Waals surface area contributed by atoms with Crippen LogP contribution in [0, 0.1) is 5.41 Å². The standard InChI is InChI=1S/C20H25NOS/c1-13(22)18-16-12-20(2,3)10-9-17(16)23-19(18)14-7-6-8-15(11-14)21(4)5/h6-8,11,22H,1,9-10,12H2,2-5H3. The zero-order valence-corrected chi connectivity index (χ0v) is 15.3. The maximum absolute atomic E-state index is 10.3. The highest BCUT2D eigenvalue weighted by Gasteiger charge is 2.31. The van der Waals surface area contributed by atoms with Crippen molar-refractivity contribution in [1.82, 2.24) is 0 Å². The number of rotatable bonds is 3. The molecule has 3 rings (SSSR count). The number of nitrogens with zero attached hydrogens (tertiary/aromatic N) is 1. The van der Waals surface area contributed by atoms with Gasteiger partial charge in [-0.15, -0.1) is 11.3 Å². The van der Waals surface area contributed by atoms with E-state index in [9.17, 15) is 5.11 Å². The highest BCUT2D eigenvalue weighted by Crippen LogP contribution is 2.47. The fourth-order valence-electron chi connectivity index (χ4n) is 3.35. The molecule has 0 spiro atoms. The lowest BCUT2D eigenvalue weighted by molar-refractivity contribution is 0.317. The van der Waals surface area contributed by atoms with Crippen molar-refractivity contribution < 1.29 is 5.11 Å². The molecular weight excluding hydrogens is 302 g/mol. The van der Waals surface area contributed by atoms with Gasteiger partial charge in [0.25, 0.3) is 0 Å². The third-order valence-electron chi connectivity index (χ3n) is 4.69. The molecule has 2 nitrogen and oxygen atoms in total. The number of thiophene rings is 1. The Balaban J connectivity index is 2.16. The molecule has 1 N–H and O–H groups in total. The first kappa shape index (κ1) is 16.1. The lowest BCUT2D eigenvalue weighted by Gasteiger charge is -2.30. The Hall–Kier alpha value is -1.74. The maximum Gasteiger partial charge on any atom is 0.117 e. The minimum atomic E-state index is 0.199. The van der Waals surface area contributed by atoms with Crippen molar-refractivity contribution in [1.29, 1.82) is 0 Å². The molecule has 1 aromatic carbocycles. The fraction of sp³-hybridized carbons (Fsp3) is 0.400. The van der Waals surface area contributed by atoms with Crippen LogP contribution in [-0.4, -0.2) is 19.2 Å². The third-order valence-corrected chi connectivity index (χ3v) is 6.03. The van der Waals surface area contributed by atoms with Crippen LogP contribution in [0.4, 0.5) is 5.69 Å². The Morgan fingerprint density at radius 2 is 2.04 bits per heavy atom. The second-order valence-electron chi connectivity index (χ2n) is 7.44. The summed E-state index contributed by atoms with van der Waals surface area (Å²) in [6, 6.07) is 8.50. The molecule has 1 aliphatic rings. The summed E-state index contributed by atoms with van der Waals surface area (Å²) in [6.07, 6.45) is 3.32. The van der Waals surface area contributed by atoms with Gasteiger partial charge >= 0.3 is 0 Å². The summed E-state index contributed by atoms with van der Waals surface area (Å²) in [7, 11) is 4.10. The summed E-state index contributed by atoms with van der Waals surface area (Å²) in [5.74, 6) is 0.199. The quantitative estimate of drug-likeness (QED) is 0.750. The van der Waals surface area contributed by atoms with Crippen molar-refractivity contribution in [2.24, 2.45) is 5.41 Å². The molecule has 0 saturated heterocycles. The number of aryl methyl sites for hydroxylation is 1. The smallest absolute Gasteiger partial charge is 0.117 e. The van der Waals surface area contributed by atoms with Crippen molar-refractivity contribution >= 4 is 22.8 Å². The highest BCUT2D eigenvalue weighted by atomic mass is 32.1. The molecule has 23 heavy (non-hydrogen) atoms. The Bertz CT molecular complexity index is 755. The third kappa shape index (κ3) is 3.02. The molecule has 122 valence electrons. The van der Waals surface area contributed by atoms with Crippen LogP contribution in [0.15, 0.2) is 30.8 Å². The van der Waals surface area contributed by atoms with Gasteiger partial charge in [-0.3, -0.25) is 0 Å². The predicted molar refractivity (Wildman–Crippen MR) is 102 cm³/mol. The molecule has 0 unspecified atom stereocenters. The number of fused-ring (bicyclic) bond motifs is 1.